The van der Waals surface area contributed by atoms with E-state index in [1.54, 1.807) is 48.5 Å². The number of carbonyl (C=O) groups is 1. The van der Waals surface area contributed by atoms with Crippen LogP contribution in [0.4, 0.5) is 0 Å². The summed E-state index contributed by atoms with van der Waals surface area (Å²) < 4.78 is 43.8. The monoisotopic (exact) mass is 513 g/mol. The van der Waals surface area contributed by atoms with Crippen molar-refractivity contribution in [3.63, 3.8) is 0 Å². The fourth-order valence-corrected chi connectivity index (χ4v) is 4.87. The molecule has 0 atom stereocenters. The van der Waals surface area contributed by atoms with Gasteiger partial charge in [0.2, 0.25) is 10.0 Å². The molecule has 10 nitrogen and oxygen atoms in total. The summed E-state index contributed by atoms with van der Waals surface area (Å²) in [6.07, 6.45) is 1.23. The van der Waals surface area contributed by atoms with Gasteiger partial charge in [-0.25, -0.2) is 13.8 Å². The summed E-state index contributed by atoms with van der Waals surface area (Å²) in [7, 11) is -0.00893. The second-order valence-corrected chi connectivity index (χ2v) is 9.37. The van der Waals surface area contributed by atoms with Gasteiger partial charge in [0.25, 0.3) is 5.91 Å². The zero-order chi connectivity index (χ0) is 26.1. The van der Waals surface area contributed by atoms with E-state index in [0.717, 1.165) is 4.31 Å². The highest BCUT2D eigenvalue weighted by Gasteiger charge is 2.30. The van der Waals surface area contributed by atoms with E-state index in [1.165, 1.54) is 39.7 Å². The summed E-state index contributed by atoms with van der Waals surface area (Å²) in [5.74, 6) is -0.147. The number of methoxy groups -OCH3 is 3. The van der Waals surface area contributed by atoms with Crippen molar-refractivity contribution in [1.29, 1.82) is 0 Å². The number of aromatic hydroxyl groups is 1. The van der Waals surface area contributed by atoms with Gasteiger partial charge in [-0.2, -0.15) is 9.41 Å². The number of phenols is 1. The van der Waals surface area contributed by atoms with E-state index in [-0.39, 0.29) is 28.7 Å². The van der Waals surface area contributed by atoms with Crippen LogP contribution in [0.2, 0.25) is 0 Å². The number of rotatable bonds is 11. The van der Waals surface area contributed by atoms with Gasteiger partial charge in [-0.05, 0) is 29.8 Å². The van der Waals surface area contributed by atoms with E-state index in [0.29, 0.717) is 16.9 Å². The number of hydrazone groups is 1. The summed E-state index contributed by atoms with van der Waals surface area (Å²) in [6, 6.07) is 18.1. The summed E-state index contributed by atoms with van der Waals surface area (Å²) in [5, 5.41) is 14.0. The molecule has 190 valence electrons. The predicted octanol–water partition coefficient (Wildman–Crippen LogP) is 2.76. The molecule has 0 radical (unpaired) electrons. The van der Waals surface area contributed by atoms with E-state index >= 15 is 0 Å². The molecule has 3 aromatic rings. The van der Waals surface area contributed by atoms with Crippen LogP contribution in [-0.2, 0) is 21.4 Å². The number of para-hydroxylation sites is 1. The molecule has 0 bridgehead atoms. The van der Waals surface area contributed by atoms with E-state index in [9.17, 15) is 18.3 Å². The van der Waals surface area contributed by atoms with Crippen molar-refractivity contribution in [3.05, 3.63) is 77.9 Å². The SMILES string of the molecule is COc1ccc(OC)c(S(=O)(=O)N(CC(=O)N/N=C/c2cccc(OC)c2O)Cc2ccccc2)c1. The molecule has 3 rings (SSSR count). The molecule has 0 aliphatic carbocycles. The van der Waals surface area contributed by atoms with Crippen LogP contribution in [0.25, 0.3) is 0 Å². The Labute approximate surface area is 209 Å². The van der Waals surface area contributed by atoms with E-state index in [4.69, 9.17) is 14.2 Å². The van der Waals surface area contributed by atoms with Gasteiger partial charge in [0.15, 0.2) is 11.5 Å². The molecule has 0 fully saturated rings. The van der Waals surface area contributed by atoms with Crippen molar-refractivity contribution in [3.8, 4) is 23.0 Å². The number of nitrogens with one attached hydrogen (secondary N) is 1. The predicted molar refractivity (Wildman–Crippen MR) is 134 cm³/mol. The Morgan fingerprint density at radius 2 is 1.69 bits per heavy atom. The number of ether oxygens (including phenoxy) is 3. The number of carbonyl (C=O) groups excluding carboxylic acids is 1. The minimum Gasteiger partial charge on any atom is -0.504 e. The molecule has 0 saturated heterocycles. The molecule has 0 saturated carbocycles. The minimum atomic E-state index is -4.20. The quantitative estimate of drug-likeness (QED) is 0.298. The highest BCUT2D eigenvalue weighted by molar-refractivity contribution is 7.89. The van der Waals surface area contributed by atoms with Gasteiger partial charge in [-0.1, -0.05) is 36.4 Å². The number of phenolic OH excluding ortho intramolecular Hbond substituents is 1. The largest absolute Gasteiger partial charge is 0.504 e. The summed E-state index contributed by atoms with van der Waals surface area (Å²) in [4.78, 5) is 12.6. The first-order valence-electron chi connectivity index (χ1n) is 10.7. The van der Waals surface area contributed by atoms with E-state index < -0.39 is 22.5 Å². The van der Waals surface area contributed by atoms with Gasteiger partial charge in [0.1, 0.15) is 16.4 Å². The van der Waals surface area contributed by atoms with Gasteiger partial charge in [0, 0.05) is 18.2 Å². The highest BCUT2D eigenvalue weighted by atomic mass is 32.2. The topological polar surface area (TPSA) is 127 Å². The number of nitrogens with zero attached hydrogens (tertiary/aromatic N) is 2. The van der Waals surface area contributed by atoms with Crippen LogP contribution in [0, 0.1) is 0 Å². The molecular weight excluding hydrogens is 486 g/mol. The van der Waals surface area contributed by atoms with Gasteiger partial charge >= 0.3 is 0 Å². The van der Waals surface area contributed by atoms with Crippen LogP contribution < -0.4 is 19.6 Å². The van der Waals surface area contributed by atoms with Crippen LogP contribution >= 0.6 is 0 Å². The fraction of sp³-hybridized carbons (Fsp3) is 0.200. The third kappa shape index (κ3) is 6.32. The Bertz CT molecular complexity index is 1330. The molecule has 1 amide bonds. The lowest BCUT2D eigenvalue weighted by Crippen LogP contribution is -2.39. The first-order chi connectivity index (χ1) is 17.3. The highest BCUT2D eigenvalue weighted by Crippen LogP contribution is 2.31. The molecule has 0 aliphatic rings. The van der Waals surface area contributed by atoms with E-state index in [1.807, 2.05) is 6.07 Å². The molecule has 0 heterocycles. The number of amides is 1. The van der Waals surface area contributed by atoms with Crippen molar-refractivity contribution in [2.45, 2.75) is 11.4 Å². The van der Waals surface area contributed by atoms with Crippen molar-refractivity contribution in [1.82, 2.24) is 9.73 Å². The van der Waals surface area contributed by atoms with Gasteiger partial charge in [-0.3, -0.25) is 4.79 Å². The first kappa shape index (κ1) is 26.5. The Morgan fingerprint density at radius 3 is 2.36 bits per heavy atom. The number of hydrogen-bond donors (Lipinski definition) is 2. The molecule has 0 aliphatic heterocycles. The Balaban J connectivity index is 1.87. The summed E-state index contributed by atoms with van der Waals surface area (Å²) in [6.45, 7) is -0.601. The van der Waals surface area contributed by atoms with Crippen molar-refractivity contribution in [2.24, 2.45) is 5.10 Å². The molecular formula is C25H27N3O7S. The maximum absolute atomic E-state index is 13.7. The number of hydrogen-bond acceptors (Lipinski definition) is 8. The maximum Gasteiger partial charge on any atom is 0.255 e. The Hall–Kier alpha value is -4.09. The summed E-state index contributed by atoms with van der Waals surface area (Å²) >= 11 is 0. The number of benzene rings is 3. The summed E-state index contributed by atoms with van der Waals surface area (Å²) in [5.41, 5.74) is 3.29. The molecule has 3 aromatic carbocycles. The van der Waals surface area contributed by atoms with Crippen LogP contribution in [0.1, 0.15) is 11.1 Å². The van der Waals surface area contributed by atoms with Gasteiger partial charge in [-0.15, -0.1) is 0 Å². The zero-order valence-corrected chi connectivity index (χ0v) is 20.9. The van der Waals surface area contributed by atoms with E-state index in [2.05, 4.69) is 10.5 Å². The Kier molecular flexibility index (Phi) is 8.87. The number of sulfonamides is 1. The Morgan fingerprint density at radius 1 is 0.972 bits per heavy atom. The lowest BCUT2D eigenvalue weighted by Gasteiger charge is -2.23. The van der Waals surface area contributed by atoms with Crippen molar-refractivity contribution in [2.75, 3.05) is 27.9 Å². The molecule has 36 heavy (non-hydrogen) atoms. The van der Waals surface area contributed by atoms with Crippen molar-refractivity contribution < 1.29 is 32.5 Å². The van der Waals surface area contributed by atoms with Gasteiger partial charge < -0.3 is 19.3 Å². The minimum absolute atomic E-state index is 0.0721. The van der Waals surface area contributed by atoms with Crippen LogP contribution in [-0.4, -0.2) is 57.8 Å². The molecule has 11 heteroatoms. The molecule has 0 unspecified atom stereocenters. The lowest BCUT2D eigenvalue weighted by atomic mass is 10.2. The van der Waals surface area contributed by atoms with Crippen LogP contribution in [0.5, 0.6) is 23.0 Å². The second kappa shape index (κ2) is 12.0. The molecule has 0 spiro atoms. The lowest BCUT2D eigenvalue weighted by molar-refractivity contribution is -0.121. The zero-order valence-electron chi connectivity index (χ0n) is 20.0. The average Bonchev–Trinajstić information content (AvgIpc) is 2.89. The van der Waals surface area contributed by atoms with Crippen LogP contribution in [0.15, 0.2) is 76.7 Å². The smallest absolute Gasteiger partial charge is 0.255 e. The molecule has 2 N–H and O–H groups in total. The van der Waals surface area contributed by atoms with Crippen LogP contribution in [0.3, 0.4) is 0 Å². The normalized spacial score (nSPS) is 11.4. The van der Waals surface area contributed by atoms with Gasteiger partial charge in [0.05, 0.1) is 34.1 Å². The van der Waals surface area contributed by atoms with Crippen molar-refractivity contribution >= 4 is 22.1 Å². The molecule has 0 aromatic heterocycles. The fourth-order valence-electron chi connectivity index (χ4n) is 3.32. The third-order valence-corrected chi connectivity index (χ3v) is 6.97. The average molecular weight is 514 g/mol. The second-order valence-electron chi connectivity index (χ2n) is 7.47. The standard InChI is InChI=1S/C25H27N3O7S/c1-33-20-12-13-21(34-2)23(14-20)36(31,32)28(16-18-8-5-4-6-9-18)17-24(29)27-26-15-19-10-7-11-22(35-3)25(19)30/h4-15,30H,16-17H2,1-3H3,(H,27,29)/b26-15+. The third-order valence-electron chi connectivity index (χ3n) is 5.15. The maximum atomic E-state index is 13.7. The first-order valence-corrected chi connectivity index (χ1v) is 12.2.